The first-order valence-electron chi connectivity index (χ1n) is 2.45. The van der Waals surface area contributed by atoms with Crippen molar-refractivity contribution >= 4 is 29.2 Å². The molecule has 0 aliphatic rings. The number of esters is 1. The zero-order chi connectivity index (χ0) is 7.44. The summed E-state index contributed by atoms with van der Waals surface area (Å²) >= 11 is 10.9. The van der Waals surface area contributed by atoms with E-state index in [1.54, 1.807) is 6.92 Å². The summed E-state index contributed by atoms with van der Waals surface area (Å²) in [6, 6.07) is 0. The number of ether oxygens (including phenoxy) is 1. The minimum atomic E-state index is -0.739. The first-order chi connectivity index (χ1) is 4.09. The molecule has 0 N–H and O–H groups in total. The van der Waals surface area contributed by atoms with E-state index in [1.165, 1.54) is 7.11 Å². The first-order valence-corrected chi connectivity index (χ1v) is 3.33. The molecule has 0 rings (SSSR count). The number of carbonyl (C=O) groups excluding carboxylic acids is 1. The molecule has 0 unspecified atom stereocenters. The molecule has 0 aromatic carbocycles. The second kappa shape index (κ2) is 3.96. The van der Waals surface area contributed by atoms with Gasteiger partial charge in [-0.2, -0.15) is 0 Å². The van der Waals surface area contributed by atoms with Gasteiger partial charge in [0.25, 0.3) is 0 Å². The molecule has 0 amide bonds. The summed E-state index contributed by atoms with van der Waals surface area (Å²) in [5.41, 5.74) is 0. The Bertz CT molecular complexity index is 103. The van der Waals surface area contributed by atoms with E-state index in [-0.39, 0.29) is 5.38 Å². The van der Waals surface area contributed by atoms with Crippen molar-refractivity contribution in [3.63, 3.8) is 0 Å². The predicted molar refractivity (Wildman–Crippen MR) is 37.0 cm³/mol. The fraction of sp³-hybridized carbons (Fsp3) is 0.800. The SMILES string of the molecule is COC(=O)[C@@H](Cl)[C@H](C)Cl. The highest BCUT2D eigenvalue weighted by Gasteiger charge is 2.20. The minimum Gasteiger partial charge on any atom is -0.468 e. The lowest BCUT2D eigenvalue weighted by Crippen LogP contribution is -2.23. The van der Waals surface area contributed by atoms with Crippen molar-refractivity contribution in [1.82, 2.24) is 0 Å². The predicted octanol–water partition coefficient (Wildman–Crippen LogP) is 1.39. The molecule has 0 fully saturated rings. The molecule has 0 aliphatic carbocycles. The molecule has 2 nitrogen and oxygen atoms in total. The highest BCUT2D eigenvalue weighted by molar-refractivity contribution is 6.36. The van der Waals surface area contributed by atoms with Gasteiger partial charge in [0.2, 0.25) is 0 Å². The zero-order valence-corrected chi connectivity index (χ0v) is 6.74. The maximum absolute atomic E-state index is 10.5. The molecule has 0 aliphatic heterocycles. The molecule has 0 heterocycles. The number of rotatable bonds is 2. The van der Waals surface area contributed by atoms with E-state index < -0.39 is 11.3 Å². The van der Waals surface area contributed by atoms with Gasteiger partial charge in [0.05, 0.1) is 12.5 Å². The number of hydrogen-bond acceptors (Lipinski definition) is 2. The van der Waals surface area contributed by atoms with Crippen LogP contribution in [-0.2, 0) is 9.53 Å². The van der Waals surface area contributed by atoms with Crippen LogP contribution in [0.3, 0.4) is 0 Å². The largest absolute Gasteiger partial charge is 0.468 e. The van der Waals surface area contributed by atoms with Crippen LogP contribution in [0.4, 0.5) is 0 Å². The third-order valence-corrected chi connectivity index (χ3v) is 1.77. The van der Waals surface area contributed by atoms with Crippen LogP contribution in [0.15, 0.2) is 0 Å². The molecule has 0 bridgehead atoms. The van der Waals surface area contributed by atoms with E-state index in [4.69, 9.17) is 23.2 Å². The lowest BCUT2D eigenvalue weighted by molar-refractivity contribution is -0.140. The average Bonchev–Trinajstić information content (AvgIpc) is 1.84. The van der Waals surface area contributed by atoms with Gasteiger partial charge < -0.3 is 4.74 Å². The van der Waals surface area contributed by atoms with Crippen molar-refractivity contribution in [2.24, 2.45) is 0 Å². The standard InChI is InChI=1S/C5H8Cl2O2/c1-3(6)4(7)5(8)9-2/h3-4H,1-2H3/t3-,4-/m0/s1. The first kappa shape index (κ1) is 9.05. The summed E-state index contributed by atoms with van der Waals surface area (Å²) in [4.78, 5) is 10.5. The number of methoxy groups -OCH3 is 1. The summed E-state index contributed by atoms with van der Waals surface area (Å²) in [5, 5.41) is -1.13. The molecule has 4 heteroatoms. The maximum Gasteiger partial charge on any atom is 0.325 e. The van der Waals surface area contributed by atoms with Gasteiger partial charge in [-0.05, 0) is 6.92 Å². The third kappa shape index (κ3) is 2.92. The average molecular weight is 171 g/mol. The molecule has 0 aromatic heterocycles. The van der Waals surface area contributed by atoms with Crippen molar-refractivity contribution in [1.29, 1.82) is 0 Å². The summed E-state index contributed by atoms with van der Waals surface area (Å²) < 4.78 is 4.32. The van der Waals surface area contributed by atoms with Gasteiger partial charge in [-0.25, -0.2) is 0 Å². The fourth-order valence-corrected chi connectivity index (χ4v) is 0.492. The van der Waals surface area contributed by atoms with E-state index in [2.05, 4.69) is 4.74 Å². The van der Waals surface area contributed by atoms with E-state index >= 15 is 0 Å². The van der Waals surface area contributed by atoms with Crippen LogP contribution in [0, 0.1) is 0 Å². The molecular formula is C5H8Cl2O2. The Kier molecular flexibility index (Phi) is 3.98. The molecule has 9 heavy (non-hydrogen) atoms. The van der Waals surface area contributed by atoms with Crippen LogP contribution in [0.1, 0.15) is 6.92 Å². The minimum absolute atomic E-state index is 0.390. The topological polar surface area (TPSA) is 26.3 Å². The summed E-state index contributed by atoms with van der Waals surface area (Å²) in [7, 11) is 1.27. The van der Waals surface area contributed by atoms with Crippen LogP contribution in [0.2, 0.25) is 0 Å². The molecule has 0 saturated carbocycles. The van der Waals surface area contributed by atoms with Crippen LogP contribution >= 0.6 is 23.2 Å². The summed E-state index contributed by atoms with van der Waals surface area (Å²) in [6.45, 7) is 1.64. The third-order valence-electron chi connectivity index (χ3n) is 0.830. The molecule has 2 atom stereocenters. The van der Waals surface area contributed by atoms with Crippen LogP contribution in [0.5, 0.6) is 0 Å². The fourth-order valence-electron chi connectivity index (χ4n) is 0.300. The van der Waals surface area contributed by atoms with Gasteiger partial charge in [0.1, 0.15) is 5.38 Å². The molecule has 0 saturated heterocycles. The van der Waals surface area contributed by atoms with E-state index in [0.29, 0.717) is 0 Å². The number of alkyl halides is 2. The van der Waals surface area contributed by atoms with Crippen LogP contribution in [-0.4, -0.2) is 23.8 Å². The Hall–Kier alpha value is 0.0500. The normalized spacial score (nSPS) is 16.4. The van der Waals surface area contributed by atoms with Crippen molar-refractivity contribution in [2.45, 2.75) is 17.7 Å². The monoisotopic (exact) mass is 170 g/mol. The van der Waals surface area contributed by atoms with Crippen LogP contribution in [0.25, 0.3) is 0 Å². The Morgan fingerprint density at radius 2 is 2.00 bits per heavy atom. The highest BCUT2D eigenvalue weighted by Crippen LogP contribution is 2.09. The quantitative estimate of drug-likeness (QED) is 0.463. The van der Waals surface area contributed by atoms with Gasteiger partial charge in [-0.3, -0.25) is 4.79 Å². The molecule has 0 spiro atoms. The van der Waals surface area contributed by atoms with Crippen LogP contribution < -0.4 is 0 Å². The van der Waals surface area contributed by atoms with Gasteiger partial charge in [-0.1, -0.05) is 0 Å². The van der Waals surface area contributed by atoms with Crippen molar-refractivity contribution in [3.8, 4) is 0 Å². The number of carbonyl (C=O) groups is 1. The Morgan fingerprint density at radius 1 is 1.56 bits per heavy atom. The van der Waals surface area contributed by atoms with Crippen molar-refractivity contribution in [2.75, 3.05) is 7.11 Å². The second-order valence-corrected chi connectivity index (χ2v) is 2.76. The van der Waals surface area contributed by atoms with Crippen molar-refractivity contribution in [3.05, 3.63) is 0 Å². The Balaban J connectivity index is 3.72. The summed E-state index contributed by atoms with van der Waals surface area (Å²) in [6.07, 6.45) is 0. The van der Waals surface area contributed by atoms with Gasteiger partial charge in [-0.15, -0.1) is 23.2 Å². The zero-order valence-electron chi connectivity index (χ0n) is 5.23. The van der Waals surface area contributed by atoms with Gasteiger partial charge in [0.15, 0.2) is 0 Å². The molecule has 0 radical (unpaired) electrons. The van der Waals surface area contributed by atoms with Gasteiger partial charge in [0, 0.05) is 0 Å². The molecule has 54 valence electrons. The molecular weight excluding hydrogens is 163 g/mol. The second-order valence-electron chi connectivity index (χ2n) is 1.60. The number of halogens is 2. The van der Waals surface area contributed by atoms with Crippen molar-refractivity contribution < 1.29 is 9.53 Å². The van der Waals surface area contributed by atoms with E-state index in [1.807, 2.05) is 0 Å². The smallest absolute Gasteiger partial charge is 0.325 e. The summed E-state index contributed by atoms with van der Waals surface area (Å²) in [5.74, 6) is -0.487. The Morgan fingerprint density at radius 3 is 2.11 bits per heavy atom. The Labute approximate surface area is 64.1 Å². The maximum atomic E-state index is 10.5. The lowest BCUT2D eigenvalue weighted by atomic mass is 10.3. The van der Waals surface area contributed by atoms with E-state index in [0.717, 1.165) is 0 Å². The molecule has 0 aromatic rings. The van der Waals surface area contributed by atoms with E-state index in [9.17, 15) is 4.79 Å². The highest BCUT2D eigenvalue weighted by atomic mass is 35.5. The lowest BCUT2D eigenvalue weighted by Gasteiger charge is -2.07. The number of hydrogen-bond donors (Lipinski definition) is 0. The van der Waals surface area contributed by atoms with Gasteiger partial charge >= 0.3 is 5.97 Å².